The molecule has 0 aliphatic carbocycles. The topological polar surface area (TPSA) is 59.2 Å². The second kappa shape index (κ2) is 6.97. The minimum Gasteiger partial charge on any atom is -0.415 e. The Morgan fingerprint density at radius 2 is 2.22 bits per heavy atom. The molecule has 2 heterocycles. The summed E-state index contributed by atoms with van der Waals surface area (Å²) in [6, 6.07) is 8.27. The van der Waals surface area contributed by atoms with Crippen molar-refractivity contribution in [3.8, 4) is 0 Å². The Bertz CT molecular complexity index is 704. The standard InChI is InChI=1S/C16H19N3O2S2/c1-10-8-12-6-4-5-7-13(12)19(10)15(20)11(2)23-16-18-17-14(21-16)9-22-3/h4-7,10-11H,8-9H2,1-3H3/t10-,11-/m1/s1. The van der Waals surface area contributed by atoms with Crippen LogP contribution in [-0.2, 0) is 17.0 Å². The quantitative estimate of drug-likeness (QED) is 0.771. The molecule has 0 fully saturated rings. The van der Waals surface area contributed by atoms with Crippen LogP contribution in [0.5, 0.6) is 0 Å². The molecule has 122 valence electrons. The Kier molecular flexibility index (Phi) is 4.96. The Labute approximate surface area is 144 Å². The van der Waals surface area contributed by atoms with Crippen molar-refractivity contribution in [2.45, 2.75) is 42.5 Å². The highest BCUT2D eigenvalue weighted by atomic mass is 32.2. The first-order valence-corrected chi connectivity index (χ1v) is 9.76. The molecular weight excluding hydrogens is 330 g/mol. The Balaban J connectivity index is 1.72. The molecule has 0 saturated heterocycles. The number of rotatable bonds is 5. The van der Waals surface area contributed by atoms with Crippen LogP contribution in [0.3, 0.4) is 0 Å². The predicted octanol–water partition coefficient (Wildman–Crippen LogP) is 3.39. The third kappa shape index (κ3) is 3.40. The van der Waals surface area contributed by atoms with Crippen LogP contribution in [0.25, 0.3) is 0 Å². The third-order valence-electron chi connectivity index (χ3n) is 3.79. The first-order valence-electron chi connectivity index (χ1n) is 7.49. The molecule has 0 N–H and O–H groups in total. The van der Waals surface area contributed by atoms with Crippen molar-refractivity contribution in [3.05, 3.63) is 35.7 Å². The van der Waals surface area contributed by atoms with Crippen molar-refractivity contribution in [1.82, 2.24) is 10.2 Å². The number of carbonyl (C=O) groups is 1. The summed E-state index contributed by atoms with van der Waals surface area (Å²) in [4.78, 5) is 14.8. The summed E-state index contributed by atoms with van der Waals surface area (Å²) in [5.41, 5.74) is 2.25. The number of para-hydroxylation sites is 1. The molecule has 2 aromatic rings. The number of nitrogens with zero attached hydrogens (tertiary/aromatic N) is 3. The van der Waals surface area contributed by atoms with Crippen molar-refractivity contribution in [3.63, 3.8) is 0 Å². The van der Waals surface area contributed by atoms with Gasteiger partial charge in [0.2, 0.25) is 11.8 Å². The molecule has 1 aliphatic rings. The zero-order chi connectivity index (χ0) is 16.4. The predicted molar refractivity (Wildman–Crippen MR) is 93.9 cm³/mol. The highest BCUT2D eigenvalue weighted by Crippen LogP contribution is 2.34. The van der Waals surface area contributed by atoms with E-state index in [2.05, 4.69) is 23.2 Å². The minimum absolute atomic E-state index is 0.0806. The number of anilines is 1. The van der Waals surface area contributed by atoms with Crippen LogP contribution in [0.2, 0.25) is 0 Å². The molecule has 1 amide bonds. The van der Waals surface area contributed by atoms with Gasteiger partial charge >= 0.3 is 0 Å². The average Bonchev–Trinajstić information content (AvgIpc) is 3.10. The number of amides is 1. The molecule has 0 spiro atoms. The van der Waals surface area contributed by atoms with E-state index >= 15 is 0 Å². The van der Waals surface area contributed by atoms with Crippen molar-refractivity contribution in [1.29, 1.82) is 0 Å². The summed E-state index contributed by atoms with van der Waals surface area (Å²) in [6.07, 6.45) is 2.88. The van der Waals surface area contributed by atoms with E-state index in [4.69, 9.17) is 4.42 Å². The lowest BCUT2D eigenvalue weighted by atomic mass is 10.1. The van der Waals surface area contributed by atoms with Gasteiger partial charge < -0.3 is 9.32 Å². The molecule has 3 rings (SSSR count). The first kappa shape index (κ1) is 16.4. The molecule has 5 nitrogen and oxygen atoms in total. The Morgan fingerprint density at radius 3 is 3.00 bits per heavy atom. The third-order valence-corrected chi connectivity index (χ3v) is 5.24. The molecule has 0 radical (unpaired) electrons. The summed E-state index contributed by atoms with van der Waals surface area (Å²) in [5.74, 6) is 1.36. The summed E-state index contributed by atoms with van der Waals surface area (Å²) < 4.78 is 5.55. The number of hydrogen-bond donors (Lipinski definition) is 0. The van der Waals surface area contributed by atoms with Crippen LogP contribution in [0, 0.1) is 0 Å². The van der Waals surface area contributed by atoms with E-state index in [1.807, 2.05) is 36.3 Å². The van der Waals surface area contributed by atoms with E-state index in [0.717, 1.165) is 12.1 Å². The lowest BCUT2D eigenvalue weighted by Crippen LogP contribution is -2.40. The molecule has 1 aliphatic heterocycles. The zero-order valence-electron chi connectivity index (χ0n) is 13.4. The number of thioether (sulfide) groups is 2. The number of carbonyl (C=O) groups excluding carboxylic acids is 1. The van der Waals surface area contributed by atoms with Crippen molar-refractivity contribution in [2.24, 2.45) is 0 Å². The van der Waals surface area contributed by atoms with Gasteiger partial charge in [-0.2, -0.15) is 11.8 Å². The number of fused-ring (bicyclic) bond motifs is 1. The van der Waals surface area contributed by atoms with E-state index in [9.17, 15) is 4.79 Å². The molecule has 1 aromatic heterocycles. The monoisotopic (exact) mass is 349 g/mol. The smallest absolute Gasteiger partial charge is 0.277 e. The van der Waals surface area contributed by atoms with E-state index in [1.165, 1.54) is 17.3 Å². The lowest BCUT2D eigenvalue weighted by Gasteiger charge is -2.25. The van der Waals surface area contributed by atoms with Crippen molar-refractivity contribution < 1.29 is 9.21 Å². The van der Waals surface area contributed by atoms with Crippen LogP contribution >= 0.6 is 23.5 Å². The van der Waals surface area contributed by atoms with Crippen molar-refractivity contribution >= 4 is 35.1 Å². The second-order valence-electron chi connectivity index (χ2n) is 5.54. The largest absolute Gasteiger partial charge is 0.415 e. The average molecular weight is 349 g/mol. The maximum absolute atomic E-state index is 12.9. The fraction of sp³-hybridized carbons (Fsp3) is 0.438. The molecule has 0 bridgehead atoms. The van der Waals surface area contributed by atoms with Gasteiger partial charge in [0.25, 0.3) is 5.22 Å². The van der Waals surface area contributed by atoms with E-state index in [0.29, 0.717) is 16.9 Å². The fourth-order valence-electron chi connectivity index (χ4n) is 2.77. The van der Waals surface area contributed by atoms with Crippen LogP contribution in [0.4, 0.5) is 5.69 Å². The highest BCUT2D eigenvalue weighted by molar-refractivity contribution is 8.00. The fourth-order valence-corrected chi connectivity index (χ4v) is 3.88. The lowest BCUT2D eigenvalue weighted by molar-refractivity contribution is -0.118. The number of benzene rings is 1. The minimum atomic E-state index is -0.272. The summed E-state index contributed by atoms with van der Waals surface area (Å²) in [6.45, 7) is 3.97. The van der Waals surface area contributed by atoms with E-state index in [-0.39, 0.29) is 17.2 Å². The van der Waals surface area contributed by atoms with E-state index < -0.39 is 0 Å². The van der Waals surface area contributed by atoms with Gasteiger partial charge in [-0.1, -0.05) is 30.0 Å². The van der Waals surface area contributed by atoms with Crippen molar-refractivity contribution in [2.75, 3.05) is 11.2 Å². The van der Waals surface area contributed by atoms with E-state index in [1.54, 1.807) is 11.8 Å². The SMILES string of the molecule is CSCc1nnc(S[C@H](C)C(=O)N2c3ccccc3C[C@H]2C)o1. The number of aromatic nitrogens is 2. The summed E-state index contributed by atoms with van der Waals surface area (Å²) >= 11 is 2.95. The van der Waals surface area contributed by atoms with Gasteiger partial charge in [0.05, 0.1) is 11.0 Å². The molecular formula is C16H19N3O2S2. The van der Waals surface area contributed by atoms with Crippen LogP contribution in [0.15, 0.2) is 33.9 Å². The Morgan fingerprint density at radius 1 is 1.43 bits per heavy atom. The molecule has 1 aromatic carbocycles. The van der Waals surface area contributed by atoms with Gasteiger partial charge in [0.1, 0.15) is 0 Å². The molecule has 2 atom stereocenters. The van der Waals surface area contributed by atoms with Gasteiger partial charge in [-0.05, 0) is 38.2 Å². The summed E-state index contributed by atoms with van der Waals surface area (Å²) in [7, 11) is 0. The Hall–Kier alpha value is -1.47. The highest BCUT2D eigenvalue weighted by Gasteiger charge is 2.33. The molecule has 23 heavy (non-hydrogen) atoms. The van der Waals surface area contributed by atoms with Crippen LogP contribution < -0.4 is 4.90 Å². The van der Waals surface area contributed by atoms with Gasteiger partial charge in [0.15, 0.2) is 0 Å². The zero-order valence-corrected chi connectivity index (χ0v) is 15.0. The van der Waals surface area contributed by atoms with Gasteiger partial charge in [0, 0.05) is 11.7 Å². The molecule has 7 heteroatoms. The van der Waals surface area contributed by atoms with Crippen LogP contribution in [-0.4, -0.2) is 33.7 Å². The number of hydrogen-bond acceptors (Lipinski definition) is 6. The maximum Gasteiger partial charge on any atom is 0.277 e. The maximum atomic E-state index is 12.9. The van der Waals surface area contributed by atoms with Crippen LogP contribution in [0.1, 0.15) is 25.3 Å². The van der Waals surface area contributed by atoms with Gasteiger partial charge in [-0.3, -0.25) is 4.79 Å². The van der Waals surface area contributed by atoms with Gasteiger partial charge in [-0.15, -0.1) is 10.2 Å². The van der Waals surface area contributed by atoms with Gasteiger partial charge in [-0.25, -0.2) is 0 Å². The normalized spacial score (nSPS) is 18.0. The summed E-state index contributed by atoms with van der Waals surface area (Å²) in [5, 5.41) is 8.17. The second-order valence-corrected chi connectivity index (χ2v) is 7.70. The molecule has 0 unspecified atom stereocenters. The molecule has 0 saturated carbocycles. The first-order chi connectivity index (χ1) is 11.1.